The second-order valence-electron chi connectivity index (χ2n) is 7.01. The second kappa shape index (κ2) is 9.61. The lowest BCUT2D eigenvalue weighted by atomic mass is 10.1. The summed E-state index contributed by atoms with van der Waals surface area (Å²) < 4.78 is 5.75. The lowest BCUT2D eigenvalue weighted by molar-refractivity contribution is 0.232. The van der Waals surface area contributed by atoms with E-state index >= 15 is 0 Å². The largest absolute Gasteiger partial charge is 0.477 e. The fourth-order valence-corrected chi connectivity index (χ4v) is 3.05. The van der Waals surface area contributed by atoms with Crippen molar-refractivity contribution in [2.45, 2.75) is 38.6 Å². The molecule has 2 N–H and O–H groups in total. The standard InChI is InChI=1S/C19H31N5O/c1-20-19(22-9-12-24-10-3-2-4-11-24)23-14-17-7-8-21-18(13-17)25-15-16-5-6-16/h7-8,13,16H,2-6,9-12,14-15H2,1H3,(H2,20,22,23). The maximum Gasteiger partial charge on any atom is 0.213 e. The number of hydrogen-bond acceptors (Lipinski definition) is 4. The van der Waals surface area contributed by atoms with Crippen molar-refractivity contribution in [3.8, 4) is 5.88 Å². The zero-order valence-electron chi connectivity index (χ0n) is 15.3. The van der Waals surface area contributed by atoms with Crippen LogP contribution in [0.1, 0.15) is 37.7 Å². The van der Waals surface area contributed by atoms with Crippen LogP contribution in [0.15, 0.2) is 23.3 Å². The van der Waals surface area contributed by atoms with Gasteiger partial charge >= 0.3 is 0 Å². The molecule has 2 heterocycles. The first-order chi connectivity index (χ1) is 12.3. The lowest BCUT2D eigenvalue weighted by Crippen LogP contribution is -2.42. The van der Waals surface area contributed by atoms with Crippen molar-refractivity contribution >= 4 is 5.96 Å². The number of guanidine groups is 1. The average molecular weight is 345 g/mol. The summed E-state index contributed by atoms with van der Waals surface area (Å²) in [7, 11) is 1.81. The van der Waals surface area contributed by atoms with Gasteiger partial charge in [-0.3, -0.25) is 4.99 Å². The van der Waals surface area contributed by atoms with Gasteiger partial charge in [0, 0.05) is 38.9 Å². The number of aromatic nitrogens is 1. The second-order valence-corrected chi connectivity index (χ2v) is 7.01. The van der Waals surface area contributed by atoms with E-state index in [9.17, 15) is 0 Å². The molecule has 1 saturated heterocycles. The van der Waals surface area contributed by atoms with Gasteiger partial charge in [0.25, 0.3) is 0 Å². The number of nitrogens with zero attached hydrogens (tertiary/aromatic N) is 3. The zero-order chi connectivity index (χ0) is 17.3. The third-order valence-electron chi connectivity index (χ3n) is 4.82. The minimum absolute atomic E-state index is 0.714. The van der Waals surface area contributed by atoms with Crippen LogP contribution in [0, 0.1) is 5.92 Å². The Morgan fingerprint density at radius 1 is 1.28 bits per heavy atom. The van der Waals surface area contributed by atoms with Gasteiger partial charge in [-0.1, -0.05) is 6.42 Å². The van der Waals surface area contributed by atoms with Crippen LogP contribution in [0.5, 0.6) is 5.88 Å². The summed E-state index contributed by atoms with van der Waals surface area (Å²) in [4.78, 5) is 11.1. The van der Waals surface area contributed by atoms with Gasteiger partial charge in [-0.25, -0.2) is 4.98 Å². The number of hydrogen-bond donors (Lipinski definition) is 2. The van der Waals surface area contributed by atoms with Gasteiger partial charge in [0.2, 0.25) is 5.88 Å². The van der Waals surface area contributed by atoms with E-state index in [0.717, 1.165) is 43.0 Å². The van der Waals surface area contributed by atoms with Crippen molar-refractivity contribution in [3.05, 3.63) is 23.9 Å². The first-order valence-corrected chi connectivity index (χ1v) is 9.58. The number of aliphatic imine (C=N–C) groups is 1. The van der Waals surface area contributed by atoms with E-state index in [1.807, 2.05) is 25.4 Å². The van der Waals surface area contributed by atoms with Gasteiger partial charge in [0.1, 0.15) is 0 Å². The van der Waals surface area contributed by atoms with Crippen molar-refractivity contribution in [3.63, 3.8) is 0 Å². The summed E-state index contributed by atoms with van der Waals surface area (Å²) in [5.74, 6) is 2.31. The Kier molecular flexibility index (Phi) is 6.91. The van der Waals surface area contributed by atoms with Crippen LogP contribution in [0.3, 0.4) is 0 Å². The van der Waals surface area contributed by atoms with Crippen LogP contribution < -0.4 is 15.4 Å². The predicted molar refractivity (Wildman–Crippen MR) is 101 cm³/mol. The molecule has 2 fully saturated rings. The van der Waals surface area contributed by atoms with Gasteiger partial charge in [-0.05, 0) is 56.3 Å². The third-order valence-corrected chi connectivity index (χ3v) is 4.82. The number of rotatable bonds is 8. The Morgan fingerprint density at radius 2 is 2.12 bits per heavy atom. The Morgan fingerprint density at radius 3 is 2.88 bits per heavy atom. The number of piperidine rings is 1. The summed E-state index contributed by atoms with van der Waals surface area (Å²) in [6, 6.07) is 4.02. The fraction of sp³-hybridized carbons (Fsp3) is 0.684. The smallest absolute Gasteiger partial charge is 0.213 e. The van der Waals surface area contributed by atoms with Crippen molar-refractivity contribution in [2.24, 2.45) is 10.9 Å². The van der Waals surface area contributed by atoms with E-state index in [1.165, 1.54) is 45.2 Å². The minimum Gasteiger partial charge on any atom is -0.477 e. The zero-order valence-corrected chi connectivity index (χ0v) is 15.3. The molecule has 6 nitrogen and oxygen atoms in total. The average Bonchev–Trinajstić information content (AvgIpc) is 3.48. The monoisotopic (exact) mass is 345 g/mol. The molecule has 1 saturated carbocycles. The molecule has 1 aliphatic heterocycles. The number of pyridine rings is 1. The Bertz CT molecular complexity index is 553. The van der Waals surface area contributed by atoms with E-state index in [1.54, 1.807) is 0 Å². The molecule has 0 spiro atoms. The van der Waals surface area contributed by atoms with Crippen LogP contribution in [0.25, 0.3) is 0 Å². The first kappa shape index (κ1) is 18.0. The quantitative estimate of drug-likeness (QED) is 0.558. The molecule has 0 atom stereocenters. The molecular formula is C19H31N5O. The van der Waals surface area contributed by atoms with E-state index in [0.29, 0.717) is 6.54 Å². The molecule has 1 aliphatic carbocycles. The lowest BCUT2D eigenvalue weighted by Gasteiger charge is -2.26. The molecule has 0 unspecified atom stereocenters. The van der Waals surface area contributed by atoms with E-state index < -0.39 is 0 Å². The molecule has 0 bridgehead atoms. The summed E-state index contributed by atoms with van der Waals surface area (Å²) in [5.41, 5.74) is 1.15. The normalized spacial score (nSPS) is 18.8. The van der Waals surface area contributed by atoms with Crippen LogP contribution >= 0.6 is 0 Å². The van der Waals surface area contributed by atoms with Gasteiger partial charge < -0.3 is 20.3 Å². The Balaban J connectivity index is 1.37. The third kappa shape index (κ3) is 6.53. The highest BCUT2D eigenvalue weighted by Gasteiger charge is 2.22. The summed E-state index contributed by atoms with van der Waals surface area (Å²) in [6.07, 6.45) is 8.44. The molecule has 6 heteroatoms. The van der Waals surface area contributed by atoms with Crippen molar-refractivity contribution in [2.75, 3.05) is 39.8 Å². The van der Waals surface area contributed by atoms with E-state index in [4.69, 9.17) is 4.74 Å². The molecule has 3 rings (SSSR count). The maximum atomic E-state index is 5.75. The molecule has 138 valence electrons. The molecule has 0 amide bonds. The highest BCUT2D eigenvalue weighted by Crippen LogP contribution is 2.29. The fourth-order valence-electron chi connectivity index (χ4n) is 3.05. The van der Waals surface area contributed by atoms with Crippen molar-refractivity contribution < 1.29 is 4.74 Å². The van der Waals surface area contributed by atoms with Gasteiger partial charge in [0.05, 0.1) is 6.61 Å². The van der Waals surface area contributed by atoms with Gasteiger partial charge in [0.15, 0.2) is 5.96 Å². The minimum atomic E-state index is 0.714. The number of ether oxygens (including phenoxy) is 1. The maximum absolute atomic E-state index is 5.75. The molecule has 1 aromatic rings. The number of nitrogens with one attached hydrogen (secondary N) is 2. The van der Waals surface area contributed by atoms with E-state index in [-0.39, 0.29) is 0 Å². The Labute approximate surface area is 151 Å². The summed E-state index contributed by atoms with van der Waals surface area (Å²) >= 11 is 0. The highest BCUT2D eigenvalue weighted by molar-refractivity contribution is 5.79. The van der Waals surface area contributed by atoms with Crippen LogP contribution in [-0.4, -0.2) is 55.7 Å². The molecule has 1 aromatic heterocycles. The van der Waals surface area contributed by atoms with Gasteiger partial charge in [-0.2, -0.15) is 0 Å². The van der Waals surface area contributed by atoms with Crippen molar-refractivity contribution in [1.82, 2.24) is 20.5 Å². The van der Waals surface area contributed by atoms with Crippen molar-refractivity contribution in [1.29, 1.82) is 0 Å². The topological polar surface area (TPSA) is 61.8 Å². The molecule has 2 aliphatic rings. The predicted octanol–water partition coefficient (Wildman–Crippen LogP) is 2.02. The summed E-state index contributed by atoms with van der Waals surface area (Å²) in [5, 5.41) is 6.77. The molecule has 0 radical (unpaired) electrons. The highest BCUT2D eigenvalue weighted by atomic mass is 16.5. The number of likely N-dealkylation sites (tertiary alicyclic amines) is 1. The molecule has 25 heavy (non-hydrogen) atoms. The van der Waals surface area contributed by atoms with Gasteiger partial charge in [-0.15, -0.1) is 0 Å². The first-order valence-electron chi connectivity index (χ1n) is 9.58. The van der Waals surface area contributed by atoms with Crippen LogP contribution in [-0.2, 0) is 6.54 Å². The van der Waals surface area contributed by atoms with Crippen LogP contribution in [0.4, 0.5) is 0 Å². The van der Waals surface area contributed by atoms with Crippen LogP contribution in [0.2, 0.25) is 0 Å². The molecule has 0 aromatic carbocycles. The summed E-state index contributed by atoms with van der Waals surface area (Å²) in [6.45, 7) is 5.97. The SMILES string of the molecule is CN=C(NCCN1CCCCC1)NCc1ccnc(OCC2CC2)c1. The van der Waals surface area contributed by atoms with E-state index in [2.05, 4.69) is 25.5 Å². The molecular weight excluding hydrogens is 314 g/mol. The Hall–Kier alpha value is -1.82.